The number of fused-ring (bicyclic) bond motifs is 1. The molecule has 2 aliphatic rings. The fourth-order valence-electron chi connectivity index (χ4n) is 3.88. The summed E-state index contributed by atoms with van der Waals surface area (Å²) in [5.41, 5.74) is 1.80. The smallest absolute Gasteiger partial charge is 0.355 e. The molecule has 5 rings (SSSR count). The van der Waals surface area contributed by atoms with Crippen molar-refractivity contribution in [2.75, 3.05) is 5.08 Å². The van der Waals surface area contributed by atoms with Crippen LogP contribution in [0.5, 0.6) is 0 Å². The molecule has 0 bridgehead atoms. The Bertz CT molecular complexity index is 1240. The van der Waals surface area contributed by atoms with Gasteiger partial charge >= 0.3 is 5.97 Å². The standard InChI is InChI=1S/C24H22N4O4S3/c1-27-14-25-26-24(27)34-15-33-21-12-18(28-19(29)13-20(28)35(21)31)23(30)32-22(16-8-4-2-5-9-16)17-10-6-3-7-11-17/h2-12,14,20-22H,13,15H2,1H3/t20-,21?,35?/m1/s1. The predicted octanol–water partition coefficient (Wildman–Crippen LogP) is 3.46. The average Bonchev–Trinajstić information content (AvgIpc) is 3.29. The number of hydrogen-bond donors (Lipinski definition) is 0. The second-order valence-corrected chi connectivity index (χ2v) is 12.4. The Hall–Kier alpha value is -2.89. The van der Waals surface area contributed by atoms with Crippen LogP contribution in [0.2, 0.25) is 0 Å². The number of nitrogens with zero attached hydrogens (tertiary/aromatic N) is 4. The summed E-state index contributed by atoms with van der Waals surface area (Å²) in [7, 11) is 0.520. The molecule has 0 aliphatic carbocycles. The number of thioether (sulfide) groups is 2. The van der Waals surface area contributed by atoms with E-state index in [0.29, 0.717) is 5.08 Å². The Kier molecular flexibility index (Phi) is 7.07. The van der Waals surface area contributed by atoms with E-state index in [0.717, 1.165) is 16.3 Å². The fraction of sp³-hybridized carbons (Fsp3) is 0.250. The molecule has 11 heteroatoms. The lowest BCUT2D eigenvalue weighted by atomic mass is 10.0. The van der Waals surface area contributed by atoms with Crippen LogP contribution in [0.3, 0.4) is 0 Å². The zero-order chi connectivity index (χ0) is 24.4. The molecule has 3 heterocycles. The third kappa shape index (κ3) is 4.93. The van der Waals surface area contributed by atoms with Crippen molar-refractivity contribution >= 4 is 46.2 Å². The van der Waals surface area contributed by atoms with Crippen LogP contribution in [0.1, 0.15) is 23.7 Å². The van der Waals surface area contributed by atoms with Gasteiger partial charge in [-0.25, -0.2) is 4.79 Å². The lowest BCUT2D eigenvalue weighted by molar-refractivity contribution is -0.151. The maximum atomic E-state index is 13.4. The Morgan fingerprint density at radius 2 is 1.80 bits per heavy atom. The molecule has 35 heavy (non-hydrogen) atoms. The van der Waals surface area contributed by atoms with Crippen molar-refractivity contribution in [3.05, 3.63) is 89.9 Å². The summed E-state index contributed by atoms with van der Waals surface area (Å²) in [6.45, 7) is 0. The summed E-state index contributed by atoms with van der Waals surface area (Å²) in [4.78, 5) is 27.1. The first kappa shape index (κ1) is 23.8. The maximum absolute atomic E-state index is 13.4. The van der Waals surface area contributed by atoms with Gasteiger partial charge in [-0.15, -0.1) is 22.0 Å². The number of amides is 1. The van der Waals surface area contributed by atoms with Crippen LogP contribution in [-0.2, 0) is 32.2 Å². The quantitative estimate of drug-likeness (QED) is 0.191. The van der Waals surface area contributed by atoms with E-state index >= 15 is 0 Å². The number of hydrogen-bond acceptors (Lipinski definition) is 8. The molecule has 0 radical (unpaired) electrons. The number of benzene rings is 2. The Balaban J connectivity index is 1.38. The van der Waals surface area contributed by atoms with Crippen LogP contribution in [-0.4, -0.2) is 50.8 Å². The molecule has 2 aromatic carbocycles. The highest BCUT2D eigenvalue weighted by atomic mass is 32.2. The number of carbonyl (C=O) groups excluding carboxylic acids is 2. The number of rotatable bonds is 8. The van der Waals surface area contributed by atoms with Gasteiger partial charge in [0.05, 0.1) is 17.2 Å². The van der Waals surface area contributed by atoms with Crippen LogP contribution >= 0.6 is 23.5 Å². The first-order valence-electron chi connectivity index (χ1n) is 10.9. The Morgan fingerprint density at radius 3 is 2.37 bits per heavy atom. The molecular formula is C24H22N4O4S3. The van der Waals surface area contributed by atoms with Crippen molar-refractivity contribution in [2.24, 2.45) is 7.05 Å². The molecule has 1 aromatic heterocycles. The molecule has 0 saturated carbocycles. The van der Waals surface area contributed by atoms with E-state index in [4.69, 9.17) is 4.74 Å². The molecule has 8 nitrogen and oxygen atoms in total. The number of ether oxygens (including phenoxy) is 1. The number of β-lactam (4-membered cyclic amide) rings is 1. The SMILES string of the molecule is Cn1cnnc1SCSC1C=C(C(=O)OC(c2ccccc2)c2ccccc2)N2C(=O)C[C@H]2S1=O. The molecule has 2 unspecified atom stereocenters. The van der Waals surface area contributed by atoms with E-state index in [1.807, 2.05) is 67.7 Å². The van der Waals surface area contributed by atoms with E-state index < -0.39 is 32.8 Å². The molecule has 2 aliphatic heterocycles. The van der Waals surface area contributed by atoms with Gasteiger partial charge in [0.15, 0.2) is 11.3 Å². The average molecular weight is 527 g/mol. The molecule has 3 atom stereocenters. The molecule has 180 valence electrons. The third-order valence-electron chi connectivity index (χ3n) is 5.69. The highest BCUT2D eigenvalue weighted by Gasteiger charge is 2.50. The van der Waals surface area contributed by atoms with E-state index in [-0.39, 0.29) is 18.0 Å². The van der Waals surface area contributed by atoms with E-state index in [1.165, 1.54) is 28.4 Å². The lowest BCUT2D eigenvalue weighted by Gasteiger charge is -2.44. The van der Waals surface area contributed by atoms with Crippen molar-refractivity contribution in [3.63, 3.8) is 0 Å². The normalized spacial score (nSPS) is 21.3. The first-order chi connectivity index (χ1) is 17.0. The van der Waals surface area contributed by atoms with Gasteiger partial charge in [-0.2, -0.15) is 0 Å². The van der Waals surface area contributed by atoms with Crippen LogP contribution in [0.15, 0.2) is 83.9 Å². The number of carbonyl (C=O) groups is 2. The minimum absolute atomic E-state index is 0.156. The van der Waals surface area contributed by atoms with E-state index in [9.17, 15) is 13.8 Å². The monoisotopic (exact) mass is 526 g/mol. The van der Waals surface area contributed by atoms with Crippen molar-refractivity contribution in [2.45, 2.75) is 27.6 Å². The van der Waals surface area contributed by atoms with Gasteiger partial charge in [0.2, 0.25) is 5.91 Å². The van der Waals surface area contributed by atoms with Gasteiger partial charge in [0.1, 0.15) is 22.0 Å². The predicted molar refractivity (Wildman–Crippen MR) is 135 cm³/mol. The summed E-state index contributed by atoms with van der Waals surface area (Å²) in [6.07, 6.45) is 2.76. The van der Waals surface area contributed by atoms with Gasteiger partial charge in [-0.3, -0.25) is 13.9 Å². The first-order valence-corrected chi connectivity index (χ1v) is 14.2. The number of esters is 1. The summed E-state index contributed by atoms with van der Waals surface area (Å²) in [5, 5.41) is 8.70. The number of aryl methyl sites for hydroxylation is 1. The molecule has 1 amide bonds. The second-order valence-electron chi connectivity index (χ2n) is 7.93. The van der Waals surface area contributed by atoms with Crippen molar-refractivity contribution < 1.29 is 18.5 Å². The topological polar surface area (TPSA) is 94.4 Å². The van der Waals surface area contributed by atoms with Gasteiger partial charge in [-0.05, 0) is 17.2 Å². The highest BCUT2D eigenvalue weighted by Crippen LogP contribution is 2.40. The molecule has 1 fully saturated rings. The van der Waals surface area contributed by atoms with Crippen LogP contribution in [0.4, 0.5) is 0 Å². The van der Waals surface area contributed by atoms with Gasteiger partial charge in [0, 0.05) is 12.1 Å². The fourth-order valence-corrected chi connectivity index (χ4v) is 8.43. The highest BCUT2D eigenvalue weighted by molar-refractivity contribution is 8.20. The lowest BCUT2D eigenvalue weighted by Crippen LogP contribution is -2.59. The van der Waals surface area contributed by atoms with E-state index in [2.05, 4.69) is 10.2 Å². The zero-order valence-electron chi connectivity index (χ0n) is 18.7. The largest absolute Gasteiger partial charge is 0.448 e. The van der Waals surface area contributed by atoms with E-state index in [1.54, 1.807) is 17.0 Å². The Labute approximate surface area is 213 Å². The minimum atomic E-state index is -1.33. The maximum Gasteiger partial charge on any atom is 0.355 e. The van der Waals surface area contributed by atoms with Gasteiger partial charge < -0.3 is 9.30 Å². The molecule has 0 N–H and O–H groups in total. The van der Waals surface area contributed by atoms with Crippen LogP contribution in [0.25, 0.3) is 0 Å². The molecule has 0 spiro atoms. The van der Waals surface area contributed by atoms with Crippen molar-refractivity contribution in [1.82, 2.24) is 19.7 Å². The molecule has 1 saturated heterocycles. The Morgan fingerprint density at radius 1 is 1.14 bits per heavy atom. The van der Waals surface area contributed by atoms with Gasteiger partial charge in [-0.1, -0.05) is 72.4 Å². The minimum Gasteiger partial charge on any atom is -0.448 e. The summed E-state index contributed by atoms with van der Waals surface area (Å²) < 4.78 is 20.4. The van der Waals surface area contributed by atoms with Crippen molar-refractivity contribution in [1.29, 1.82) is 0 Å². The molecule has 3 aromatic rings. The summed E-state index contributed by atoms with van der Waals surface area (Å²) in [5.74, 6) is -0.830. The van der Waals surface area contributed by atoms with Gasteiger partial charge in [0.25, 0.3) is 0 Å². The van der Waals surface area contributed by atoms with Crippen LogP contribution < -0.4 is 0 Å². The summed E-state index contributed by atoms with van der Waals surface area (Å²) in [6, 6.07) is 18.9. The zero-order valence-corrected chi connectivity index (χ0v) is 21.2. The number of aromatic nitrogens is 3. The van der Waals surface area contributed by atoms with Crippen molar-refractivity contribution in [3.8, 4) is 0 Å². The third-order valence-corrected chi connectivity index (χ3v) is 10.3. The summed E-state index contributed by atoms with van der Waals surface area (Å²) >= 11 is 2.92. The second kappa shape index (κ2) is 10.4. The molecular weight excluding hydrogens is 504 g/mol. The van der Waals surface area contributed by atoms with Crippen LogP contribution in [0, 0.1) is 0 Å².